The van der Waals surface area contributed by atoms with Crippen LogP contribution in [0.2, 0.25) is 0 Å². The highest BCUT2D eigenvalue weighted by Crippen LogP contribution is 2.31. The van der Waals surface area contributed by atoms with Gasteiger partial charge in [-0.1, -0.05) is 19.8 Å². The average Bonchev–Trinajstić information content (AvgIpc) is 2.78. The SMILES string of the molecule is CC1CCCN(S(=O)(=O)NC2(C(=N)N)CCCC2)C1. The maximum absolute atomic E-state index is 12.5. The van der Waals surface area contributed by atoms with E-state index in [-0.39, 0.29) is 5.84 Å². The van der Waals surface area contributed by atoms with Crippen LogP contribution in [0.15, 0.2) is 0 Å². The first-order valence-corrected chi connectivity index (χ1v) is 8.43. The van der Waals surface area contributed by atoms with Crippen molar-refractivity contribution in [2.24, 2.45) is 11.7 Å². The summed E-state index contributed by atoms with van der Waals surface area (Å²) >= 11 is 0. The van der Waals surface area contributed by atoms with Crippen LogP contribution in [0.1, 0.15) is 45.4 Å². The number of piperidine rings is 1. The second kappa shape index (κ2) is 5.38. The lowest BCUT2D eigenvalue weighted by atomic mass is 9.98. The lowest BCUT2D eigenvalue weighted by Gasteiger charge is -2.35. The highest BCUT2D eigenvalue weighted by Gasteiger charge is 2.42. The van der Waals surface area contributed by atoms with E-state index in [9.17, 15) is 8.42 Å². The molecule has 7 heteroatoms. The largest absolute Gasteiger partial charge is 0.386 e. The Kier molecular flexibility index (Phi) is 4.17. The highest BCUT2D eigenvalue weighted by molar-refractivity contribution is 7.87. The molecule has 4 N–H and O–H groups in total. The average molecular weight is 288 g/mol. The Morgan fingerprint density at radius 3 is 2.53 bits per heavy atom. The van der Waals surface area contributed by atoms with E-state index in [1.165, 1.54) is 4.31 Å². The van der Waals surface area contributed by atoms with Gasteiger partial charge in [-0.15, -0.1) is 0 Å². The monoisotopic (exact) mass is 288 g/mol. The predicted molar refractivity (Wildman–Crippen MR) is 75.1 cm³/mol. The van der Waals surface area contributed by atoms with Crippen molar-refractivity contribution in [3.8, 4) is 0 Å². The van der Waals surface area contributed by atoms with E-state index in [2.05, 4.69) is 11.6 Å². The van der Waals surface area contributed by atoms with Gasteiger partial charge >= 0.3 is 0 Å². The first-order valence-electron chi connectivity index (χ1n) is 6.99. The fourth-order valence-corrected chi connectivity index (χ4v) is 4.84. The van der Waals surface area contributed by atoms with Gasteiger partial charge in [0.2, 0.25) is 0 Å². The lowest BCUT2D eigenvalue weighted by Crippen LogP contribution is -2.59. The summed E-state index contributed by atoms with van der Waals surface area (Å²) in [7, 11) is -3.54. The van der Waals surface area contributed by atoms with Gasteiger partial charge in [0.05, 0.1) is 5.54 Å². The van der Waals surface area contributed by atoms with E-state index in [0.717, 1.165) is 25.7 Å². The molecule has 2 aliphatic rings. The number of amidine groups is 1. The molecule has 1 heterocycles. The first kappa shape index (κ1) is 14.7. The number of nitrogens with zero attached hydrogens (tertiary/aromatic N) is 1. The number of hydrogen-bond acceptors (Lipinski definition) is 3. The molecule has 1 saturated carbocycles. The minimum Gasteiger partial charge on any atom is -0.386 e. The summed E-state index contributed by atoms with van der Waals surface area (Å²) in [5.41, 5.74) is 4.79. The Bertz CT molecular complexity index is 443. The van der Waals surface area contributed by atoms with Gasteiger partial charge in [-0.2, -0.15) is 17.4 Å². The van der Waals surface area contributed by atoms with Crippen LogP contribution in [0, 0.1) is 11.3 Å². The van der Waals surface area contributed by atoms with Gasteiger partial charge in [0.25, 0.3) is 10.2 Å². The fourth-order valence-electron chi connectivity index (χ4n) is 3.08. The van der Waals surface area contributed by atoms with E-state index in [0.29, 0.717) is 31.8 Å². The summed E-state index contributed by atoms with van der Waals surface area (Å²) in [5.74, 6) is 0.334. The van der Waals surface area contributed by atoms with Crippen molar-refractivity contribution in [1.82, 2.24) is 9.03 Å². The minimum atomic E-state index is -3.54. The molecule has 0 radical (unpaired) electrons. The van der Waals surface area contributed by atoms with E-state index in [1.54, 1.807) is 0 Å². The Morgan fingerprint density at radius 2 is 2.00 bits per heavy atom. The maximum Gasteiger partial charge on any atom is 0.280 e. The van der Waals surface area contributed by atoms with Gasteiger partial charge < -0.3 is 5.73 Å². The molecule has 110 valence electrons. The van der Waals surface area contributed by atoms with Crippen LogP contribution in [0.4, 0.5) is 0 Å². The molecule has 2 fully saturated rings. The van der Waals surface area contributed by atoms with Crippen LogP contribution in [-0.4, -0.2) is 37.2 Å². The Morgan fingerprint density at radius 1 is 1.37 bits per heavy atom. The summed E-state index contributed by atoms with van der Waals surface area (Å²) in [5, 5.41) is 7.71. The van der Waals surface area contributed by atoms with Gasteiger partial charge in [-0.3, -0.25) is 5.41 Å². The quantitative estimate of drug-likeness (QED) is 0.527. The number of rotatable bonds is 4. The van der Waals surface area contributed by atoms with Crippen LogP contribution in [-0.2, 0) is 10.2 Å². The van der Waals surface area contributed by atoms with Crippen LogP contribution in [0.3, 0.4) is 0 Å². The topological polar surface area (TPSA) is 99.3 Å². The van der Waals surface area contributed by atoms with Crippen LogP contribution >= 0.6 is 0 Å². The molecule has 1 aliphatic heterocycles. The van der Waals surface area contributed by atoms with Crippen molar-refractivity contribution < 1.29 is 8.42 Å². The third-order valence-corrected chi connectivity index (χ3v) is 5.92. The third-order valence-electron chi connectivity index (χ3n) is 4.26. The van der Waals surface area contributed by atoms with Crippen LogP contribution in [0.5, 0.6) is 0 Å². The molecule has 1 aliphatic carbocycles. The molecule has 6 nitrogen and oxygen atoms in total. The number of hydrogen-bond donors (Lipinski definition) is 3. The molecule has 1 saturated heterocycles. The van der Waals surface area contributed by atoms with Crippen LogP contribution in [0.25, 0.3) is 0 Å². The molecule has 0 aromatic rings. The molecule has 19 heavy (non-hydrogen) atoms. The molecule has 0 aromatic carbocycles. The van der Waals surface area contributed by atoms with Crippen molar-refractivity contribution in [2.75, 3.05) is 13.1 Å². The number of nitrogens with one attached hydrogen (secondary N) is 2. The van der Waals surface area contributed by atoms with Gasteiger partial charge in [0.1, 0.15) is 5.84 Å². The predicted octanol–water partition coefficient (Wildman–Crippen LogP) is 0.801. The molecule has 1 unspecified atom stereocenters. The zero-order valence-corrected chi connectivity index (χ0v) is 12.3. The number of nitrogens with two attached hydrogens (primary N) is 1. The normalized spacial score (nSPS) is 28.4. The summed E-state index contributed by atoms with van der Waals surface area (Å²) in [6.07, 6.45) is 5.06. The van der Waals surface area contributed by atoms with Crippen molar-refractivity contribution >= 4 is 16.0 Å². The molecule has 0 aromatic heterocycles. The zero-order chi connectivity index (χ0) is 14.1. The molecular weight excluding hydrogens is 264 g/mol. The molecular formula is C12H24N4O2S. The van der Waals surface area contributed by atoms with Gasteiger partial charge in [-0.05, 0) is 31.6 Å². The van der Waals surface area contributed by atoms with E-state index in [4.69, 9.17) is 11.1 Å². The first-order chi connectivity index (χ1) is 8.86. The second-order valence-electron chi connectivity index (χ2n) is 5.92. The summed E-state index contributed by atoms with van der Waals surface area (Å²) in [4.78, 5) is 0. The van der Waals surface area contributed by atoms with Gasteiger partial charge in [0, 0.05) is 13.1 Å². The lowest BCUT2D eigenvalue weighted by molar-refractivity contribution is 0.274. The van der Waals surface area contributed by atoms with Gasteiger partial charge in [0.15, 0.2) is 0 Å². The molecule has 0 amide bonds. The van der Waals surface area contributed by atoms with Crippen molar-refractivity contribution in [1.29, 1.82) is 5.41 Å². The molecule has 0 bridgehead atoms. The Hall–Kier alpha value is -0.660. The van der Waals surface area contributed by atoms with Crippen LogP contribution < -0.4 is 10.5 Å². The minimum absolute atomic E-state index is 0.0568. The molecule has 2 rings (SSSR count). The molecule has 0 spiro atoms. The Balaban J connectivity index is 2.13. The Labute approximate surface area is 115 Å². The van der Waals surface area contributed by atoms with Crippen molar-refractivity contribution in [2.45, 2.75) is 51.0 Å². The summed E-state index contributed by atoms with van der Waals surface area (Å²) in [6, 6.07) is 0. The highest BCUT2D eigenvalue weighted by atomic mass is 32.2. The second-order valence-corrected chi connectivity index (χ2v) is 7.59. The summed E-state index contributed by atoms with van der Waals surface area (Å²) in [6.45, 7) is 3.19. The van der Waals surface area contributed by atoms with E-state index in [1.807, 2.05) is 0 Å². The van der Waals surface area contributed by atoms with E-state index >= 15 is 0 Å². The smallest absolute Gasteiger partial charge is 0.280 e. The van der Waals surface area contributed by atoms with Crippen molar-refractivity contribution in [3.05, 3.63) is 0 Å². The maximum atomic E-state index is 12.5. The zero-order valence-electron chi connectivity index (χ0n) is 11.5. The summed E-state index contributed by atoms with van der Waals surface area (Å²) < 4.78 is 29.1. The molecule has 1 atom stereocenters. The van der Waals surface area contributed by atoms with Crippen molar-refractivity contribution in [3.63, 3.8) is 0 Å². The van der Waals surface area contributed by atoms with Gasteiger partial charge in [-0.25, -0.2) is 0 Å². The van der Waals surface area contributed by atoms with E-state index < -0.39 is 15.7 Å². The standard InChI is InChI=1S/C12H24N4O2S/c1-10-5-4-8-16(9-10)19(17,18)15-12(11(13)14)6-2-3-7-12/h10,15H,2-9H2,1H3,(H3,13,14). The third kappa shape index (κ3) is 3.09. The fraction of sp³-hybridized carbons (Fsp3) is 0.917.